The molecular formula is C8H13. The molecule has 0 fully saturated rings. The van der Waals surface area contributed by atoms with Crippen LogP contribution in [0.2, 0.25) is 0 Å². The van der Waals surface area contributed by atoms with Crippen LogP contribution in [-0.4, -0.2) is 0 Å². The van der Waals surface area contributed by atoms with Crippen molar-refractivity contribution >= 4 is 0 Å². The molecule has 8 heavy (non-hydrogen) atoms. The first-order valence-corrected chi connectivity index (χ1v) is 3.02. The highest BCUT2D eigenvalue weighted by Crippen LogP contribution is 1.89. The van der Waals surface area contributed by atoms with E-state index in [2.05, 4.69) is 19.6 Å². The van der Waals surface area contributed by atoms with E-state index in [4.69, 9.17) is 0 Å². The van der Waals surface area contributed by atoms with Gasteiger partial charge in [-0.3, -0.25) is 0 Å². The van der Waals surface area contributed by atoms with Crippen molar-refractivity contribution < 1.29 is 0 Å². The second kappa shape index (κ2) is 6.48. The van der Waals surface area contributed by atoms with E-state index in [1.165, 1.54) is 12.8 Å². The molecule has 0 amide bonds. The fourth-order valence-corrected chi connectivity index (χ4v) is 0.420. The number of rotatable bonds is 4. The summed E-state index contributed by atoms with van der Waals surface area (Å²) in [6.07, 6.45) is 10.3. The number of allylic oxidation sites excluding steroid dienone is 3. The van der Waals surface area contributed by atoms with Crippen molar-refractivity contribution in [3.63, 3.8) is 0 Å². The second-order valence-corrected chi connectivity index (χ2v) is 1.64. The topological polar surface area (TPSA) is 0 Å². The molecule has 0 aromatic rings. The van der Waals surface area contributed by atoms with Crippen LogP contribution in [0.4, 0.5) is 0 Å². The van der Waals surface area contributed by atoms with Crippen LogP contribution in [-0.2, 0) is 0 Å². The van der Waals surface area contributed by atoms with Crippen LogP contribution >= 0.6 is 0 Å². The lowest BCUT2D eigenvalue weighted by atomic mass is 10.3. The van der Waals surface area contributed by atoms with Gasteiger partial charge in [-0.15, -0.1) is 6.58 Å². The van der Waals surface area contributed by atoms with E-state index < -0.39 is 0 Å². The van der Waals surface area contributed by atoms with Crippen molar-refractivity contribution in [1.82, 2.24) is 0 Å². The van der Waals surface area contributed by atoms with E-state index in [-0.39, 0.29) is 0 Å². The maximum absolute atomic E-state index is 3.55. The Bertz CT molecular complexity index is 70.1. The highest BCUT2D eigenvalue weighted by Gasteiger charge is 1.69. The standard InChI is InChI=1S/C8H13/c1-3-5-7-8-6-4-2/h3,5,7-8H,1,4,6H2,2H3/b8-7+. The van der Waals surface area contributed by atoms with Gasteiger partial charge >= 0.3 is 0 Å². The van der Waals surface area contributed by atoms with Crippen LogP contribution in [0.25, 0.3) is 0 Å². The second-order valence-electron chi connectivity index (χ2n) is 1.64. The number of hydrogen-bond donors (Lipinski definition) is 0. The largest absolute Gasteiger partial charge is 0.102 e. The molecule has 0 rings (SSSR count). The summed E-state index contributed by atoms with van der Waals surface area (Å²) < 4.78 is 0. The molecule has 0 aliphatic heterocycles. The summed E-state index contributed by atoms with van der Waals surface area (Å²) in [6, 6.07) is 0. The van der Waals surface area contributed by atoms with E-state index in [1.807, 2.05) is 12.5 Å². The molecule has 0 aliphatic carbocycles. The molecule has 0 aromatic carbocycles. The van der Waals surface area contributed by atoms with Crippen molar-refractivity contribution in [2.24, 2.45) is 0 Å². The molecule has 0 heteroatoms. The fourth-order valence-electron chi connectivity index (χ4n) is 0.420. The highest BCUT2D eigenvalue weighted by molar-refractivity contribution is 5.04. The lowest BCUT2D eigenvalue weighted by molar-refractivity contribution is 0.958. The third-order valence-corrected chi connectivity index (χ3v) is 0.839. The Morgan fingerprint density at radius 3 is 2.75 bits per heavy atom. The third-order valence-electron chi connectivity index (χ3n) is 0.839. The van der Waals surface area contributed by atoms with Gasteiger partial charge in [0.2, 0.25) is 0 Å². The Balaban J connectivity index is 2.94. The van der Waals surface area contributed by atoms with Gasteiger partial charge in [-0.25, -0.2) is 0 Å². The maximum atomic E-state index is 3.55. The maximum Gasteiger partial charge on any atom is 0.00413 e. The average molecular weight is 109 g/mol. The lowest BCUT2D eigenvalue weighted by Crippen LogP contribution is -1.60. The molecule has 0 atom stereocenters. The van der Waals surface area contributed by atoms with Crippen molar-refractivity contribution in [2.75, 3.05) is 0 Å². The van der Waals surface area contributed by atoms with Crippen LogP contribution in [0.3, 0.4) is 0 Å². The summed E-state index contributed by atoms with van der Waals surface area (Å²) in [5.74, 6) is 0. The first kappa shape index (κ1) is 7.48. The SMILES string of the molecule is C=C[CH]/C=C/CCC. The van der Waals surface area contributed by atoms with Crippen molar-refractivity contribution in [1.29, 1.82) is 0 Å². The van der Waals surface area contributed by atoms with Gasteiger partial charge in [0.15, 0.2) is 0 Å². The summed E-state index contributed by atoms with van der Waals surface area (Å²) in [5, 5.41) is 0. The van der Waals surface area contributed by atoms with Gasteiger partial charge in [-0.1, -0.05) is 31.6 Å². The molecule has 0 unspecified atom stereocenters. The predicted octanol–water partition coefficient (Wildman–Crippen LogP) is 2.73. The molecule has 1 radical (unpaired) electrons. The highest BCUT2D eigenvalue weighted by atomic mass is 13.8. The number of hydrogen-bond acceptors (Lipinski definition) is 0. The Labute approximate surface area is 51.9 Å². The molecule has 0 nitrogen and oxygen atoms in total. The molecule has 45 valence electrons. The minimum absolute atomic E-state index is 1.17. The van der Waals surface area contributed by atoms with E-state index in [0.29, 0.717) is 0 Å². The molecule has 0 aromatic heterocycles. The quantitative estimate of drug-likeness (QED) is 0.520. The van der Waals surface area contributed by atoms with E-state index in [1.54, 1.807) is 6.08 Å². The van der Waals surface area contributed by atoms with Crippen molar-refractivity contribution in [3.8, 4) is 0 Å². The van der Waals surface area contributed by atoms with Crippen LogP contribution in [0.15, 0.2) is 24.8 Å². The summed E-state index contributed by atoms with van der Waals surface area (Å²) in [7, 11) is 0. The van der Waals surface area contributed by atoms with Crippen molar-refractivity contribution in [3.05, 3.63) is 31.2 Å². The summed E-state index contributed by atoms with van der Waals surface area (Å²) >= 11 is 0. The molecule has 0 N–H and O–H groups in total. The third kappa shape index (κ3) is 5.48. The van der Waals surface area contributed by atoms with E-state index in [9.17, 15) is 0 Å². The summed E-state index contributed by atoms with van der Waals surface area (Å²) in [6.45, 7) is 5.72. The number of unbranched alkanes of at least 4 members (excludes halogenated alkanes) is 1. The van der Waals surface area contributed by atoms with E-state index in [0.717, 1.165) is 0 Å². The molecule has 0 saturated heterocycles. The Morgan fingerprint density at radius 1 is 1.50 bits per heavy atom. The van der Waals surface area contributed by atoms with Gasteiger partial charge in [0, 0.05) is 6.42 Å². The molecule has 0 heterocycles. The molecule has 0 saturated carbocycles. The zero-order valence-corrected chi connectivity index (χ0v) is 5.43. The van der Waals surface area contributed by atoms with Crippen LogP contribution in [0.5, 0.6) is 0 Å². The Kier molecular flexibility index (Phi) is 6.06. The minimum Gasteiger partial charge on any atom is -0.102 e. The molecule has 0 aliphatic rings. The predicted molar refractivity (Wildman–Crippen MR) is 38.5 cm³/mol. The van der Waals surface area contributed by atoms with E-state index >= 15 is 0 Å². The first-order chi connectivity index (χ1) is 3.91. The monoisotopic (exact) mass is 109 g/mol. The normalized spacial score (nSPS) is 10.1. The summed E-state index contributed by atoms with van der Waals surface area (Å²) in [4.78, 5) is 0. The fraction of sp³-hybridized carbons (Fsp3) is 0.375. The van der Waals surface area contributed by atoms with Gasteiger partial charge in [-0.05, 0) is 6.42 Å². The van der Waals surface area contributed by atoms with Gasteiger partial charge in [-0.2, -0.15) is 0 Å². The molecule has 0 spiro atoms. The van der Waals surface area contributed by atoms with Gasteiger partial charge in [0.1, 0.15) is 0 Å². The minimum atomic E-state index is 1.17. The zero-order valence-electron chi connectivity index (χ0n) is 5.43. The van der Waals surface area contributed by atoms with Gasteiger partial charge < -0.3 is 0 Å². The molecular weight excluding hydrogens is 96.1 g/mol. The average Bonchev–Trinajstić information content (AvgIpc) is 1.81. The zero-order chi connectivity index (χ0) is 6.24. The lowest BCUT2D eigenvalue weighted by Gasteiger charge is -1.80. The Hall–Kier alpha value is -0.520. The smallest absolute Gasteiger partial charge is 0.00413 e. The van der Waals surface area contributed by atoms with Crippen LogP contribution in [0, 0.1) is 6.42 Å². The van der Waals surface area contributed by atoms with Crippen LogP contribution in [0.1, 0.15) is 19.8 Å². The van der Waals surface area contributed by atoms with Crippen LogP contribution < -0.4 is 0 Å². The first-order valence-electron chi connectivity index (χ1n) is 3.02. The summed E-state index contributed by atoms with van der Waals surface area (Å²) in [5.41, 5.74) is 0. The van der Waals surface area contributed by atoms with Gasteiger partial charge in [0.05, 0.1) is 0 Å². The van der Waals surface area contributed by atoms with Gasteiger partial charge in [0.25, 0.3) is 0 Å². The Morgan fingerprint density at radius 2 is 2.25 bits per heavy atom. The molecule has 0 bridgehead atoms. The van der Waals surface area contributed by atoms with Crippen molar-refractivity contribution in [2.45, 2.75) is 19.8 Å².